The molecule has 1 N–H and O–H groups in total. The highest BCUT2D eigenvalue weighted by molar-refractivity contribution is 5.56. The highest BCUT2D eigenvalue weighted by atomic mass is 15.3. The van der Waals surface area contributed by atoms with E-state index in [0.29, 0.717) is 0 Å². The Hall–Kier alpha value is -1.06. The summed E-state index contributed by atoms with van der Waals surface area (Å²) in [5.74, 6) is 0. The van der Waals surface area contributed by atoms with Gasteiger partial charge >= 0.3 is 0 Å². The highest BCUT2D eigenvalue weighted by Crippen LogP contribution is 2.24. The average Bonchev–Trinajstić information content (AvgIpc) is 2.43. The summed E-state index contributed by atoms with van der Waals surface area (Å²) < 4.78 is 0. The highest BCUT2D eigenvalue weighted by Gasteiger charge is 2.24. The van der Waals surface area contributed by atoms with Gasteiger partial charge in [0.25, 0.3) is 0 Å². The molecule has 0 radical (unpaired) electrons. The molecule has 20 heavy (non-hydrogen) atoms. The minimum absolute atomic E-state index is 0.196. The third kappa shape index (κ3) is 3.53. The number of likely N-dealkylation sites (N-methyl/N-ethyl adjacent to an activating group) is 1. The molecule has 1 saturated heterocycles. The topological polar surface area (TPSA) is 18.5 Å². The monoisotopic (exact) mass is 275 g/mol. The van der Waals surface area contributed by atoms with Gasteiger partial charge in [0.2, 0.25) is 0 Å². The van der Waals surface area contributed by atoms with E-state index in [4.69, 9.17) is 0 Å². The van der Waals surface area contributed by atoms with E-state index in [-0.39, 0.29) is 5.54 Å². The van der Waals surface area contributed by atoms with Crippen molar-refractivity contribution < 1.29 is 0 Å². The summed E-state index contributed by atoms with van der Waals surface area (Å²) in [6, 6.07) is 6.63. The quantitative estimate of drug-likeness (QED) is 0.910. The van der Waals surface area contributed by atoms with E-state index in [9.17, 15) is 0 Å². The first-order valence-electron chi connectivity index (χ1n) is 7.65. The number of hydrogen-bond donors (Lipinski definition) is 1. The molecule has 3 nitrogen and oxygen atoms in total. The predicted octanol–water partition coefficient (Wildman–Crippen LogP) is 2.42. The number of piperazine rings is 1. The first kappa shape index (κ1) is 15.3. The molecule has 0 spiro atoms. The fraction of sp³-hybridized carbons (Fsp3) is 0.647. The van der Waals surface area contributed by atoms with Crippen LogP contribution in [0.3, 0.4) is 0 Å². The maximum absolute atomic E-state index is 3.39. The van der Waals surface area contributed by atoms with Gasteiger partial charge < -0.3 is 10.2 Å². The Bertz CT molecular complexity index is 446. The molecule has 1 fully saturated rings. The molecule has 0 bridgehead atoms. The molecular weight excluding hydrogens is 246 g/mol. The molecule has 1 aliphatic heterocycles. The van der Waals surface area contributed by atoms with Crippen molar-refractivity contribution in [2.75, 3.05) is 44.7 Å². The van der Waals surface area contributed by atoms with E-state index in [0.717, 1.165) is 32.7 Å². The van der Waals surface area contributed by atoms with Crippen LogP contribution < -0.4 is 10.2 Å². The lowest BCUT2D eigenvalue weighted by atomic mass is 10.0. The Balaban J connectivity index is 1.96. The lowest BCUT2D eigenvalue weighted by molar-refractivity contribution is 0.197. The van der Waals surface area contributed by atoms with Crippen LogP contribution in [0, 0.1) is 13.8 Å². The Kier molecular flexibility index (Phi) is 4.71. The second kappa shape index (κ2) is 6.15. The second-order valence-electron chi connectivity index (χ2n) is 6.62. The van der Waals surface area contributed by atoms with Crippen LogP contribution in [0.15, 0.2) is 18.2 Å². The van der Waals surface area contributed by atoms with E-state index < -0.39 is 0 Å². The van der Waals surface area contributed by atoms with Gasteiger partial charge in [-0.2, -0.15) is 0 Å². The van der Waals surface area contributed by atoms with Crippen LogP contribution >= 0.6 is 0 Å². The van der Waals surface area contributed by atoms with E-state index >= 15 is 0 Å². The molecule has 2 rings (SSSR count). The zero-order valence-corrected chi connectivity index (χ0v) is 13.7. The maximum atomic E-state index is 3.39. The van der Waals surface area contributed by atoms with Crippen molar-refractivity contribution in [1.29, 1.82) is 0 Å². The van der Waals surface area contributed by atoms with Crippen molar-refractivity contribution in [2.45, 2.75) is 33.2 Å². The molecule has 1 aliphatic rings. The first-order chi connectivity index (χ1) is 9.43. The summed E-state index contributed by atoms with van der Waals surface area (Å²) in [4.78, 5) is 5.10. The summed E-state index contributed by atoms with van der Waals surface area (Å²) in [6.45, 7) is 14.6. The summed E-state index contributed by atoms with van der Waals surface area (Å²) >= 11 is 0. The van der Waals surface area contributed by atoms with Crippen molar-refractivity contribution in [2.24, 2.45) is 0 Å². The standard InChI is InChI=1S/C17H29N3/c1-14-7-6-8-16(15(14)2)20-11-9-19(10-12-20)13-17(3,4)18-5/h6-8,18H,9-13H2,1-5H3. The smallest absolute Gasteiger partial charge is 0.0399 e. The van der Waals surface area contributed by atoms with Crippen molar-refractivity contribution >= 4 is 5.69 Å². The number of hydrogen-bond acceptors (Lipinski definition) is 3. The Labute approximate surface area is 124 Å². The largest absolute Gasteiger partial charge is 0.369 e. The fourth-order valence-corrected chi connectivity index (χ4v) is 2.86. The summed E-state index contributed by atoms with van der Waals surface area (Å²) in [7, 11) is 2.05. The van der Waals surface area contributed by atoms with Gasteiger partial charge in [0.1, 0.15) is 0 Å². The van der Waals surface area contributed by atoms with Crippen LogP contribution in [-0.2, 0) is 0 Å². The van der Waals surface area contributed by atoms with Gasteiger partial charge in [-0.3, -0.25) is 4.90 Å². The average molecular weight is 275 g/mol. The van der Waals surface area contributed by atoms with E-state index in [1.807, 2.05) is 7.05 Å². The van der Waals surface area contributed by atoms with Crippen molar-refractivity contribution in [3.05, 3.63) is 29.3 Å². The van der Waals surface area contributed by atoms with Crippen LogP contribution in [0.4, 0.5) is 5.69 Å². The minimum atomic E-state index is 0.196. The molecule has 1 heterocycles. The fourth-order valence-electron chi connectivity index (χ4n) is 2.86. The van der Waals surface area contributed by atoms with Gasteiger partial charge in [-0.15, -0.1) is 0 Å². The van der Waals surface area contributed by atoms with E-state index in [2.05, 4.69) is 61.0 Å². The molecule has 0 aromatic heterocycles. The molecule has 1 aromatic rings. The van der Waals surface area contributed by atoms with Crippen LogP contribution in [0.5, 0.6) is 0 Å². The van der Waals surface area contributed by atoms with Crippen LogP contribution in [0.1, 0.15) is 25.0 Å². The molecular formula is C17H29N3. The molecule has 1 aromatic carbocycles. The molecule has 0 amide bonds. The van der Waals surface area contributed by atoms with Gasteiger partial charge in [0, 0.05) is 44.0 Å². The van der Waals surface area contributed by atoms with Crippen molar-refractivity contribution in [1.82, 2.24) is 10.2 Å². The number of aryl methyl sites for hydroxylation is 1. The molecule has 0 unspecified atom stereocenters. The van der Waals surface area contributed by atoms with E-state index in [1.54, 1.807) is 0 Å². The second-order valence-corrected chi connectivity index (χ2v) is 6.62. The Morgan fingerprint density at radius 2 is 1.75 bits per heavy atom. The zero-order valence-electron chi connectivity index (χ0n) is 13.7. The first-order valence-corrected chi connectivity index (χ1v) is 7.65. The third-order valence-electron chi connectivity index (χ3n) is 4.58. The maximum Gasteiger partial charge on any atom is 0.0399 e. The summed E-state index contributed by atoms with van der Waals surface area (Å²) in [6.07, 6.45) is 0. The predicted molar refractivity (Wildman–Crippen MR) is 87.7 cm³/mol. The van der Waals surface area contributed by atoms with Gasteiger partial charge in [0.05, 0.1) is 0 Å². The summed E-state index contributed by atoms with van der Waals surface area (Å²) in [5.41, 5.74) is 4.43. The normalized spacial score (nSPS) is 17.6. The molecule has 112 valence electrons. The van der Waals surface area contributed by atoms with Crippen LogP contribution in [0.2, 0.25) is 0 Å². The van der Waals surface area contributed by atoms with Gasteiger partial charge in [-0.1, -0.05) is 12.1 Å². The number of rotatable bonds is 4. The number of nitrogens with zero attached hydrogens (tertiary/aromatic N) is 2. The van der Waals surface area contributed by atoms with Crippen LogP contribution in [0.25, 0.3) is 0 Å². The molecule has 0 atom stereocenters. The number of anilines is 1. The molecule has 0 saturated carbocycles. The minimum Gasteiger partial charge on any atom is -0.369 e. The zero-order chi connectivity index (χ0) is 14.8. The lowest BCUT2D eigenvalue weighted by Gasteiger charge is -2.40. The number of nitrogens with one attached hydrogen (secondary N) is 1. The van der Waals surface area contributed by atoms with E-state index in [1.165, 1.54) is 16.8 Å². The third-order valence-corrected chi connectivity index (χ3v) is 4.58. The van der Waals surface area contributed by atoms with Crippen molar-refractivity contribution in [3.8, 4) is 0 Å². The summed E-state index contributed by atoms with van der Waals surface area (Å²) in [5, 5.41) is 3.39. The molecule has 3 heteroatoms. The van der Waals surface area contributed by atoms with Crippen LogP contribution in [-0.4, -0.2) is 50.2 Å². The SMILES string of the molecule is CNC(C)(C)CN1CCN(c2cccc(C)c2C)CC1. The van der Waals surface area contributed by atoms with Gasteiger partial charge in [0.15, 0.2) is 0 Å². The number of benzene rings is 1. The molecule has 0 aliphatic carbocycles. The van der Waals surface area contributed by atoms with Crippen molar-refractivity contribution in [3.63, 3.8) is 0 Å². The van der Waals surface area contributed by atoms with Gasteiger partial charge in [-0.25, -0.2) is 0 Å². The Morgan fingerprint density at radius 3 is 2.35 bits per heavy atom. The van der Waals surface area contributed by atoms with Gasteiger partial charge in [-0.05, 0) is 51.9 Å². The Morgan fingerprint density at radius 1 is 1.10 bits per heavy atom. The lowest BCUT2D eigenvalue weighted by Crippen LogP contribution is -2.54.